The summed E-state index contributed by atoms with van der Waals surface area (Å²) in [6.07, 6.45) is 3.38. The fourth-order valence-electron chi connectivity index (χ4n) is 2.87. The van der Waals surface area contributed by atoms with Gasteiger partial charge in [0, 0.05) is 23.2 Å². The van der Waals surface area contributed by atoms with E-state index in [4.69, 9.17) is 4.98 Å². The van der Waals surface area contributed by atoms with Crippen LogP contribution in [0.15, 0.2) is 24.3 Å². The average Bonchev–Trinajstić information content (AvgIpc) is 2.91. The van der Waals surface area contributed by atoms with Crippen LogP contribution in [0.3, 0.4) is 0 Å². The van der Waals surface area contributed by atoms with Gasteiger partial charge in [-0.2, -0.15) is 0 Å². The second-order valence-electron chi connectivity index (χ2n) is 5.27. The lowest BCUT2D eigenvalue weighted by Crippen LogP contribution is -2.19. The van der Waals surface area contributed by atoms with Crippen LogP contribution in [0.5, 0.6) is 0 Å². The van der Waals surface area contributed by atoms with Gasteiger partial charge in [-0.3, -0.25) is 0 Å². The maximum Gasteiger partial charge on any atom is 0.190 e. The van der Waals surface area contributed by atoms with E-state index in [9.17, 15) is 4.39 Å². The molecule has 1 unspecified atom stereocenters. The normalized spacial score (nSPS) is 17.6. The smallest absolute Gasteiger partial charge is 0.190 e. The summed E-state index contributed by atoms with van der Waals surface area (Å²) < 4.78 is 13.5. The van der Waals surface area contributed by atoms with E-state index in [-0.39, 0.29) is 5.82 Å². The monoisotopic (exact) mass is 305 g/mol. The molecule has 0 saturated carbocycles. The molecule has 0 radical (unpaired) electrons. The van der Waals surface area contributed by atoms with Gasteiger partial charge >= 0.3 is 0 Å². The zero-order valence-corrected chi connectivity index (χ0v) is 13.2. The van der Waals surface area contributed by atoms with Crippen LogP contribution in [0.1, 0.15) is 36.4 Å². The van der Waals surface area contributed by atoms with E-state index < -0.39 is 0 Å². The van der Waals surface area contributed by atoms with Crippen LogP contribution in [-0.2, 0) is 6.42 Å². The first kappa shape index (κ1) is 14.5. The third kappa shape index (κ3) is 2.80. The summed E-state index contributed by atoms with van der Waals surface area (Å²) in [6, 6.07) is 7.13. The maximum absolute atomic E-state index is 13.5. The van der Waals surface area contributed by atoms with Crippen LogP contribution in [0, 0.1) is 5.82 Å². The first-order chi connectivity index (χ1) is 10.2. The Hall–Kier alpha value is -1.46. The number of nitrogens with zero attached hydrogens (tertiary/aromatic N) is 2. The van der Waals surface area contributed by atoms with Crippen molar-refractivity contribution in [3.8, 4) is 0 Å². The number of anilines is 2. The van der Waals surface area contributed by atoms with Crippen LogP contribution in [-0.4, -0.2) is 18.6 Å². The quantitative estimate of drug-likeness (QED) is 0.924. The van der Waals surface area contributed by atoms with E-state index >= 15 is 0 Å². The highest BCUT2D eigenvalue weighted by Gasteiger charge is 2.25. The topological polar surface area (TPSA) is 28.2 Å². The predicted octanol–water partition coefficient (Wildman–Crippen LogP) is 4.04. The van der Waals surface area contributed by atoms with Gasteiger partial charge in [-0.1, -0.05) is 17.4 Å². The van der Waals surface area contributed by atoms with Gasteiger partial charge < -0.3 is 10.2 Å². The van der Waals surface area contributed by atoms with E-state index in [1.54, 1.807) is 23.5 Å². The number of thiazole rings is 1. The van der Waals surface area contributed by atoms with E-state index in [1.807, 2.05) is 13.1 Å². The molecule has 1 N–H and O–H groups in total. The zero-order chi connectivity index (χ0) is 14.8. The Labute approximate surface area is 128 Å². The maximum atomic E-state index is 13.5. The van der Waals surface area contributed by atoms with Crippen molar-refractivity contribution in [3.63, 3.8) is 0 Å². The number of halogens is 1. The van der Waals surface area contributed by atoms with Gasteiger partial charge in [-0.15, -0.1) is 0 Å². The molecule has 1 aromatic carbocycles. The lowest BCUT2D eigenvalue weighted by Gasteiger charge is -2.20. The molecule has 0 fully saturated rings. The number of hydrogen-bond donors (Lipinski definition) is 1. The molecule has 21 heavy (non-hydrogen) atoms. The molecule has 2 aromatic rings. The predicted molar refractivity (Wildman–Crippen MR) is 85.9 cm³/mol. The van der Waals surface area contributed by atoms with E-state index in [1.165, 1.54) is 23.1 Å². The Bertz CT molecular complexity index is 626. The highest BCUT2D eigenvalue weighted by molar-refractivity contribution is 7.15. The van der Waals surface area contributed by atoms with Crippen LogP contribution >= 0.6 is 11.3 Å². The molecular formula is C16H20FN3S. The minimum absolute atomic E-state index is 0.208. The average molecular weight is 305 g/mol. The number of fused-ring (bicyclic) bond motifs is 1. The van der Waals surface area contributed by atoms with Crippen molar-refractivity contribution in [2.24, 2.45) is 0 Å². The molecular weight excluding hydrogens is 285 g/mol. The Morgan fingerprint density at radius 3 is 3.05 bits per heavy atom. The molecule has 0 bridgehead atoms. The van der Waals surface area contributed by atoms with Crippen molar-refractivity contribution in [1.82, 2.24) is 10.3 Å². The number of hydrogen-bond acceptors (Lipinski definition) is 4. The van der Waals surface area contributed by atoms with Gasteiger partial charge in [0.2, 0.25) is 0 Å². The molecule has 112 valence electrons. The summed E-state index contributed by atoms with van der Waals surface area (Å²) >= 11 is 1.73. The second-order valence-corrected chi connectivity index (χ2v) is 6.27. The molecule has 0 spiro atoms. The van der Waals surface area contributed by atoms with Gasteiger partial charge in [0.25, 0.3) is 0 Å². The van der Waals surface area contributed by atoms with Gasteiger partial charge in [0.1, 0.15) is 5.82 Å². The summed E-state index contributed by atoms with van der Waals surface area (Å²) in [4.78, 5) is 8.23. The molecule has 1 heterocycles. The molecule has 1 aliphatic carbocycles. The number of benzene rings is 1. The summed E-state index contributed by atoms with van der Waals surface area (Å²) in [5, 5.41) is 4.34. The van der Waals surface area contributed by atoms with E-state index in [0.717, 1.165) is 30.2 Å². The molecule has 0 aliphatic heterocycles. The van der Waals surface area contributed by atoms with Crippen molar-refractivity contribution >= 4 is 22.2 Å². The van der Waals surface area contributed by atoms with Crippen LogP contribution in [0.4, 0.5) is 15.2 Å². The lowest BCUT2D eigenvalue weighted by molar-refractivity contribution is 0.501. The summed E-state index contributed by atoms with van der Waals surface area (Å²) in [6.45, 7) is 2.85. The van der Waals surface area contributed by atoms with Gasteiger partial charge in [0.05, 0.1) is 5.69 Å². The SMILES string of the molecule is CCN(c1cccc(F)c1)c1nc2c(s1)C(NC)CCC2. The Kier molecular flexibility index (Phi) is 4.22. The highest BCUT2D eigenvalue weighted by Crippen LogP contribution is 2.39. The lowest BCUT2D eigenvalue weighted by atomic mass is 9.98. The van der Waals surface area contributed by atoms with E-state index in [2.05, 4.69) is 17.1 Å². The molecule has 1 aromatic heterocycles. The van der Waals surface area contributed by atoms with Crippen molar-refractivity contribution in [2.75, 3.05) is 18.5 Å². The van der Waals surface area contributed by atoms with Crippen LogP contribution in [0.2, 0.25) is 0 Å². The standard InChI is InChI=1S/C16H20FN3S/c1-3-20(12-7-4-6-11(17)10-12)16-19-14-9-5-8-13(18-2)15(14)21-16/h4,6-7,10,13,18H,3,5,8-9H2,1-2H3. The first-order valence-corrected chi connectivity index (χ1v) is 8.24. The van der Waals surface area contributed by atoms with Crippen LogP contribution < -0.4 is 10.2 Å². The van der Waals surface area contributed by atoms with Gasteiger partial charge in [-0.25, -0.2) is 9.37 Å². The first-order valence-electron chi connectivity index (χ1n) is 7.43. The molecule has 5 heteroatoms. The van der Waals surface area contributed by atoms with Crippen molar-refractivity contribution in [1.29, 1.82) is 0 Å². The number of aromatic nitrogens is 1. The molecule has 1 aliphatic rings. The summed E-state index contributed by atoms with van der Waals surface area (Å²) in [5.41, 5.74) is 2.07. The molecule has 1 atom stereocenters. The minimum atomic E-state index is -0.208. The molecule has 0 amide bonds. The fraction of sp³-hybridized carbons (Fsp3) is 0.438. The van der Waals surface area contributed by atoms with Gasteiger partial charge in [-0.05, 0) is 51.4 Å². The Morgan fingerprint density at radius 2 is 2.33 bits per heavy atom. The third-order valence-electron chi connectivity index (χ3n) is 3.95. The Morgan fingerprint density at radius 1 is 1.48 bits per heavy atom. The second kappa shape index (κ2) is 6.12. The van der Waals surface area contributed by atoms with Crippen molar-refractivity contribution in [2.45, 2.75) is 32.2 Å². The Balaban J connectivity index is 1.97. The number of nitrogens with one attached hydrogen (secondary N) is 1. The summed E-state index contributed by atoms with van der Waals surface area (Å²) in [7, 11) is 2.00. The highest BCUT2D eigenvalue weighted by atomic mass is 32.1. The molecule has 0 saturated heterocycles. The minimum Gasteiger partial charge on any atom is -0.318 e. The number of aryl methyl sites for hydroxylation is 1. The molecule has 3 rings (SSSR count). The van der Waals surface area contributed by atoms with Crippen molar-refractivity contribution in [3.05, 3.63) is 40.7 Å². The van der Waals surface area contributed by atoms with Crippen LogP contribution in [0.25, 0.3) is 0 Å². The third-order valence-corrected chi connectivity index (χ3v) is 5.19. The zero-order valence-electron chi connectivity index (χ0n) is 12.4. The molecule has 3 nitrogen and oxygen atoms in total. The van der Waals surface area contributed by atoms with Gasteiger partial charge in [0.15, 0.2) is 5.13 Å². The summed E-state index contributed by atoms with van der Waals surface area (Å²) in [5.74, 6) is -0.208. The van der Waals surface area contributed by atoms with E-state index in [0.29, 0.717) is 6.04 Å². The fourth-order valence-corrected chi connectivity index (χ4v) is 4.21. The number of rotatable bonds is 4. The van der Waals surface area contributed by atoms with Crippen molar-refractivity contribution < 1.29 is 4.39 Å². The largest absolute Gasteiger partial charge is 0.318 e.